The maximum atomic E-state index is 12.2. The first-order valence-electron chi connectivity index (χ1n) is 7.33. The molecular formula is C16H21NO6. The Morgan fingerprint density at radius 2 is 2.13 bits per heavy atom. The Morgan fingerprint density at radius 3 is 2.78 bits per heavy atom. The largest absolute Gasteiger partial charge is 0.497 e. The summed E-state index contributed by atoms with van der Waals surface area (Å²) in [7, 11) is 2.78. The third-order valence-corrected chi connectivity index (χ3v) is 3.54. The van der Waals surface area contributed by atoms with Crippen LogP contribution in [0, 0.1) is 0 Å². The molecule has 0 saturated carbocycles. The van der Waals surface area contributed by atoms with E-state index in [1.165, 1.54) is 20.3 Å². The lowest BCUT2D eigenvalue weighted by Crippen LogP contribution is -2.46. The first-order chi connectivity index (χ1) is 11.0. The van der Waals surface area contributed by atoms with E-state index >= 15 is 0 Å². The number of carbonyl (C=O) groups excluding carboxylic acids is 2. The summed E-state index contributed by atoms with van der Waals surface area (Å²) in [6.45, 7) is 3.36. The molecule has 0 aliphatic carbocycles. The summed E-state index contributed by atoms with van der Waals surface area (Å²) < 4.78 is 20.7. The van der Waals surface area contributed by atoms with Crippen LogP contribution in [0.2, 0.25) is 0 Å². The number of nitrogens with zero attached hydrogens (tertiary/aromatic N) is 1. The summed E-state index contributed by atoms with van der Waals surface area (Å²) in [5, 5.41) is 0. The molecule has 7 heteroatoms. The molecule has 0 unspecified atom stereocenters. The molecule has 1 amide bonds. The van der Waals surface area contributed by atoms with E-state index in [0.29, 0.717) is 25.4 Å². The van der Waals surface area contributed by atoms with Crippen LogP contribution in [0.1, 0.15) is 17.3 Å². The highest BCUT2D eigenvalue weighted by Gasteiger charge is 2.22. The lowest BCUT2D eigenvalue weighted by atomic mass is 10.2. The molecular weight excluding hydrogens is 302 g/mol. The highest BCUT2D eigenvalue weighted by molar-refractivity contribution is 5.93. The summed E-state index contributed by atoms with van der Waals surface area (Å²) in [6.07, 6.45) is 0.0133. The fraction of sp³-hybridized carbons (Fsp3) is 0.500. The van der Waals surface area contributed by atoms with E-state index in [1.54, 1.807) is 17.0 Å². The van der Waals surface area contributed by atoms with Crippen LogP contribution in [-0.4, -0.2) is 63.4 Å². The van der Waals surface area contributed by atoms with Crippen LogP contribution in [0.25, 0.3) is 0 Å². The predicted octanol–water partition coefficient (Wildman–Crippen LogP) is 1.11. The van der Waals surface area contributed by atoms with Gasteiger partial charge in [0.25, 0.3) is 5.91 Å². The summed E-state index contributed by atoms with van der Waals surface area (Å²) in [4.78, 5) is 25.7. The first kappa shape index (κ1) is 17.1. The maximum Gasteiger partial charge on any atom is 0.341 e. The van der Waals surface area contributed by atoms with Gasteiger partial charge < -0.3 is 23.8 Å². The zero-order valence-corrected chi connectivity index (χ0v) is 13.5. The van der Waals surface area contributed by atoms with E-state index < -0.39 is 5.97 Å². The number of methoxy groups -OCH3 is 2. The number of esters is 1. The average Bonchev–Trinajstić information content (AvgIpc) is 2.58. The fourth-order valence-corrected chi connectivity index (χ4v) is 2.31. The first-order valence-corrected chi connectivity index (χ1v) is 7.33. The minimum atomic E-state index is -0.550. The van der Waals surface area contributed by atoms with Gasteiger partial charge in [0, 0.05) is 13.1 Å². The molecule has 0 spiro atoms. The Labute approximate surface area is 135 Å². The Balaban J connectivity index is 2.04. The molecule has 0 radical (unpaired) electrons. The molecule has 126 valence electrons. The molecule has 7 nitrogen and oxygen atoms in total. The quantitative estimate of drug-likeness (QED) is 0.756. The number of rotatable bonds is 5. The Bertz CT molecular complexity index is 574. The van der Waals surface area contributed by atoms with Crippen LogP contribution in [0.15, 0.2) is 18.2 Å². The number of amides is 1. The van der Waals surface area contributed by atoms with Crippen LogP contribution >= 0.6 is 0 Å². The predicted molar refractivity (Wildman–Crippen MR) is 81.8 cm³/mol. The van der Waals surface area contributed by atoms with Gasteiger partial charge in [-0.15, -0.1) is 0 Å². The number of carbonyl (C=O) groups is 2. The van der Waals surface area contributed by atoms with Crippen molar-refractivity contribution in [2.45, 2.75) is 13.0 Å². The van der Waals surface area contributed by atoms with Crippen LogP contribution in [0.5, 0.6) is 11.5 Å². The van der Waals surface area contributed by atoms with E-state index in [0.717, 1.165) is 0 Å². The van der Waals surface area contributed by atoms with E-state index in [1.807, 2.05) is 6.92 Å². The standard InChI is InChI=1S/C16H21NO6/c1-11-9-17(6-7-22-11)15(18)10-23-14-5-4-12(20-2)8-13(14)16(19)21-3/h4-5,8,11H,6-7,9-10H2,1-3H3/t11-/m0/s1. The van der Waals surface area contributed by atoms with Gasteiger partial charge in [-0.05, 0) is 25.1 Å². The van der Waals surface area contributed by atoms with E-state index in [4.69, 9.17) is 18.9 Å². The minimum absolute atomic E-state index is 0.0133. The normalized spacial score (nSPS) is 17.5. The lowest BCUT2D eigenvalue weighted by molar-refractivity contribution is -0.140. The van der Waals surface area contributed by atoms with Crippen molar-refractivity contribution in [2.75, 3.05) is 40.5 Å². The lowest BCUT2D eigenvalue weighted by Gasteiger charge is -2.31. The van der Waals surface area contributed by atoms with Gasteiger partial charge in [0.1, 0.15) is 17.1 Å². The Hall–Kier alpha value is -2.28. The molecule has 1 aromatic rings. The van der Waals surface area contributed by atoms with Gasteiger partial charge in [0.2, 0.25) is 0 Å². The number of hydrogen-bond donors (Lipinski definition) is 0. The van der Waals surface area contributed by atoms with Crippen molar-refractivity contribution in [1.29, 1.82) is 0 Å². The molecule has 23 heavy (non-hydrogen) atoms. The Morgan fingerprint density at radius 1 is 1.35 bits per heavy atom. The van der Waals surface area contributed by atoms with Crippen molar-refractivity contribution in [1.82, 2.24) is 4.90 Å². The summed E-state index contributed by atoms with van der Waals surface area (Å²) >= 11 is 0. The molecule has 1 atom stereocenters. The smallest absolute Gasteiger partial charge is 0.341 e. The van der Waals surface area contributed by atoms with Gasteiger partial charge in [-0.2, -0.15) is 0 Å². The fourth-order valence-electron chi connectivity index (χ4n) is 2.31. The number of benzene rings is 1. The SMILES string of the molecule is COC(=O)c1cc(OC)ccc1OCC(=O)N1CCO[C@@H](C)C1. The minimum Gasteiger partial charge on any atom is -0.497 e. The highest BCUT2D eigenvalue weighted by Crippen LogP contribution is 2.25. The maximum absolute atomic E-state index is 12.2. The van der Waals surface area contributed by atoms with Crippen LogP contribution in [0.4, 0.5) is 0 Å². The monoisotopic (exact) mass is 323 g/mol. The topological polar surface area (TPSA) is 74.3 Å². The third-order valence-electron chi connectivity index (χ3n) is 3.54. The van der Waals surface area contributed by atoms with E-state index in [-0.39, 0.29) is 29.9 Å². The summed E-state index contributed by atoms with van der Waals surface area (Å²) in [6, 6.07) is 4.76. The van der Waals surface area contributed by atoms with Gasteiger partial charge in [-0.25, -0.2) is 4.79 Å². The summed E-state index contributed by atoms with van der Waals surface area (Å²) in [5.74, 6) is 0.0940. The van der Waals surface area contributed by atoms with Crippen molar-refractivity contribution >= 4 is 11.9 Å². The van der Waals surface area contributed by atoms with Crippen LogP contribution in [0.3, 0.4) is 0 Å². The van der Waals surface area contributed by atoms with Crippen molar-refractivity contribution in [3.8, 4) is 11.5 Å². The molecule has 1 aliphatic rings. The third kappa shape index (κ3) is 4.35. The zero-order chi connectivity index (χ0) is 16.8. The van der Waals surface area contributed by atoms with Gasteiger partial charge in [-0.1, -0.05) is 0 Å². The second kappa shape index (κ2) is 7.82. The molecule has 1 aromatic carbocycles. The number of morpholine rings is 1. The molecule has 1 fully saturated rings. The zero-order valence-electron chi connectivity index (χ0n) is 13.5. The van der Waals surface area contributed by atoms with Crippen molar-refractivity contribution in [3.63, 3.8) is 0 Å². The van der Waals surface area contributed by atoms with Gasteiger partial charge in [-0.3, -0.25) is 4.79 Å². The van der Waals surface area contributed by atoms with Gasteiger partial charge in [0.05, 0.1) is 26.9 Å². The van der Waals surface area contributed by atoms with Gasteiger partial charge in [0.15, 0.2) is 6.61 Å². The van der Waals surface area contributed by atoms with Crippen LogP contribution in [-0.2, 0) is 14.3 Å². The second-order valence-electron chi connectivity index (χ2n) is 5.16. The van der Waals surface area contributed by atoms with E-state index in [2.05, 4.69) is 0 Å². The molecule has 0 bridgehead atoms. The molecule has 1 aliphatic heterocycles. The molecule has 0 aromatic heterocycles. The van der Waals surface area contributed by atoms with Gasteiger partial charge >= 0.3 is 5.97 Å². The molecule has 1 heterocycles. The summed E-state index contributed by atoms with van der Waals surface area (Å²) in [5.41, 5.74) is 0.218. The average molecular weight is 323 g/mol. The van der Waals surface area contributed by atoms with Crippen molar-refractivity contribution in [2.24, 2.45) is 0 Å². The van der Waals surface area contributed by atoms with Crippen molar-refractivity contribution in [3.05, 3.63) is 23.8 Å². The number of ether oxygens (including phenoxy) is 4. The van der Waals surface area contributed by atoms with Crippen molar-refractivity contribution < 1.29 is 28.5 Å². The van der Waals surface area contributed by atoms with Crippen LogP contribution < -0.4 is 9.47 Å². The number of hydrogen-bond acceptors (Lipinski definition) is 6. The second-order valence-corrected chi connectivity index (χ2v) is 5.16. The van der Waals surface area contributed by atoms with E-state index in [9.17, 15) is 9.59 Å². The molecule has 0 N–H and O–H groups in total. The highest BCUT2D eigenvalue weighted by atomic mass is 16.5. The Kier molecular flexibility index (Phi) is 5.81. The molecule has 2 rings (SSSR count). The molecule has 1 saturated heterocycles.